The lowest BCUT2D eigenvalue weighted by Gasteiger charge is -2.16. The van der Waals surface area contributed by atoms with Gasteiger partial charge >= 0.3 is 5.97 Å². The second-order valence-electron chi connectivity index (χ2n) is 6.40. The van der Waals surface area contributed by atoms with Gasteiger partial charge in [-0.15, -0.1) is 0 Å². The molecule has 9 nitrogen and oxygen atoms in total. The van der Waals surface area contributed by atoms with Gasteiger partial charge in [0.2, 0.25) is 5.91 Å². The van der Waals surface area contributed by atoms with Crippen LogP contribution in [-0.4, -0.2) is 52.2 Å². The Morgan fingerprint density at radius 3 is 2.83 bits per heavy atom. The molecule has 1 aromatic carbocycles. The number of likely N-dealkylation sites (N-methyl/N-ethyl adjacent to an activating group) is 1. The van der Waals surface area contributed by atoms with Crippen LogP contribution in [0.5, 0.6) is 0 Å². The maximum atomic E-state index is 12.5. The highest BCUT2D eigenvalue weighted by Crippen LogP contribution is 2.24. The lowest BCUT2D eigenvalue weighted by molar-refractivity contribution is -0.117. The quantitative estimate of drug-likeness (QED) is 0.589. The Balaban J connectivity index is 1.66. The molecule has 3 aromatic rings. The molecule has 0 saturated heterocycles. The first-order chi connectivity index (χ1) is 13.9. The fourth-order valence-electron chi connectivity index (χ4n) is 2.83. The van der Waals surface area contributed by atoms with Gasteiger partial charge in [-0.2, -0.15) is 5.10 Å². The first kappa shape index (κ1) is 20.6. The molecule has 0 saturated carbocycles. The Kier molecular flexibility index (Phi) is 6.30. The van der Waals surface area contributed by atoms with Crippen molar-refractivity contribution in [3.05, 3.63) is 59.0 Å². The Morgan fingerprint density at radius 2 is 2.14 bits per heavy atom. The highest BCUT2D eigenvalue weighted by Gasteiger charge is 2.17. The lowest BCUT2D eigenvalue weighted by Crippen LogP contribution is -2.30. The van der Waals surface area contributed by atoms with Gasteiger partial charge in [0.15, 0.2) is 0 Å². The number of carbonyl (C=O) groups excluding carboxylic acids is 2. The smallest absolute Gasteiger partial charge is 0.341 e. The largest absolute Gasteiger partial charge is 0.465 e. The summed E-state index contributed by atoms with van der Waals surface area (Å²) in [5, 5.41) is 7.41. The van der Waals surface area contributed by atoms with E-state index in [0.29, 0.717) is 40.0 Å². The highest BCUT2D eigenvalue weighted by atomic mass is 35.5. The molecule has 1 amide bonds. The van der Waals surface area contributed by atoms with Crippen LogP contribution in [0.15, 0.2) is 41.3 Å². The number of aryl methyl sites for hydroxylation is 1. The molecule has 0 fully saturated rings. The van der Waals surface area contributed by atoms with E-state index in [-0.39, 0.29) is 12.5 Å². The minimum atomic E-state index is -0.459. The standard InChI is InChI=1S/C19H20ClN5O4/c1-12-15(19(27)28-3)7-14(29-12)8-24(2)9-18(26)23-16-6-13(20)4-5-17(16)25-11-21-10-22-25/h4-7,10-11H,8-9H2,1-3H3,(H,23,26). The third-order valence-electron chi connectivity index (χ3n) is 4.11. The van der Waals surface area contributed by atoms with Crippen molar-refractivity contribution in [1.29, 1.82) is 0 Å². The summed E-state index contributed by atoms with van der Waals surface area (Å²) < 4.78 is 11.8. The molecule has 2 aromatic heterocycles. The van der Waals surface area contributed by atoms with Crippen molar-refractivity contribution >= 4 is 29.2 Å². The number of furan rings is 1. The molecular formula is C19H20ClN5O4. The van der Waals surface area contributed by atoms with E-state index < -0.39 is 5.97 Å². The number of amides is 1. The minimum Gasteiger partial charge on any atom is -0.465 e. The van der Waals surface area contributed by atoms with Gasteiger partial charge in [-0.1, -0.05) is 11.6 Å². The van der Waals surface area contributed by atoms with Crippen LogP contribution in [-0.2, 0) is 16.1 Å². The van der Waals surface area contributed by atoms with E-state index in [4.69, 9.17) is 20.8 Å². The molecule has 29 heavy (non-hydrogen) atoms. The number of esters is 1. The van der Waals surface area contributed by atoms with E-state index in [1.165, 1.54) is 24.4 Å². The molecule has 0 bridgehead atoms. The second-order valence-corrected chi connectivity index (χ2v) is 6.83. The molecule has 0 atom stereocenters. The molecule has 10 heteroatoms. The van der Waals surface area contributed by atoms with Crippen molar-refractivity contribution in [3.8, 4) is 5.69 Å². The van der Waals surface area contributed by atoms with E-state index >= 15 is 0 Å². The van der Waals surface area contributed by atoms with Crippen molar-refractivity contribution in [2.75, 3.05) is 26.0 Å². The number of aromatic nitrogens is 3. The molecule has 0 unspecified atom stereocenters. The maximum absolute atomic E-state index is 12.5. The average molecular weight is 418 g/mol. The monoisotopic (exact) mass is 417 g/mol. The number of ether oxygens (including phenoxy) is 1. The summed E-state index contributed by atoms with van der Waals surface area (Å²) in [5.74, 6) is 0.331. The lowest BCUT2D eigenvalue weighted by atomic mass is 10.2. The summed E-state index contributed by atoms with van der Waals surface area (Å²) in [7, 11) is 3.08. The molecule has 0 aliphatic heterocycles. The predicted molar refractivity (Wildman–Crippen MR) is 106 cm³/mol. The number of benzene rings is 1. The molecular weight excluding hydrogens is 398 g/mol. The number of halogens is 1. The zero-order valence-electron chi connectivity index (χ0n) is 16.2. The van der Waals surface area contributed by atoms with Crippen LogP contribution >= 0.6 is 11.6 Å². The van der Waals surface area contributed by atoms with Crippen LogP contribution in [0, 0.1) is 6.92 Å². The van der Waals surface area contributed by atoms with Crippen LogP contribution in [0.3, 0.4) is 0 Å². The molecule has 1 N–H and O–H groups in total. The van der Waals surface area contributed by atoms with Crippen molar-refractivity contribution in [2.24, 2.45) is 0 Å². The number of hydrogen-bond donors (Lipinski definition) is 1. The van der Waals surface area contributed by atoms with Crippen LogP contribution < -0.4 is 5.32 Å². The molecule has 0 spiro atoms. The molecule has 0 aliphatic rings. The summed E-state index contributed by atoms with van der Waals surface area (Å²) in [6.45, 7) is 2.13. The minimum absolute atomic E-state index is 0.0939. The van der Waals surface area contributed by atoms with Crippen molar-refractivity contribution < 1.29 is 18.7 Å². The number of anilines is 1. The van der Waals surface area contributed by atoms with Gasteiger partial charge in [0.05, 0.1) is 31.6 Å². The summed E-state index contributed by atoms with van der Waals surface area (Å²) >= 11 is 6.07. The molecule has 152 valence electrons. The number of hydrogen-bond acceptors (Lipinski definition) is 7. The molecule has 0 aliphatic carbocycles. The van der Waals surface area contributed by atoms with Gasteiger partial charge < -0.3 is 14.5 Å². The third kappa shape index (κ3) is 5.01. The number of rotatable bonds is 7. The van der Waals surface area contributed by atoms with Gasteiger partial charge in [-0.05, 0) is 38.2 Å². The topological polar surface area (TPSA) is 102 Å². The maximum Gasteiger partial charge on any atom is 0.341 e. The van der Waals surface area contributed by atoms with E-state index in [9.17, 15) is 9.59 Å². The van der Waals surface area contributed by atoms with E-state index in [2.05, 4.69) is 15.4 Å². The van der Waals surface area contributed by atoms with Gasteiger partial charge in [-0.3, -0.25) is 9.69 Å². The van der Waals surface area contributed by atoms with Crippen LogP contribution in [0.2, 0.25) is 5.02 Å². The summed E-state index contributed by atoms with van der Waals surface area (Å²) in [6.07, 6.45) is 2.94. The zero-order valence-corrected chi connectivity index (χ0v) is 16.9. The predicted octanol–water partition coefficient (Wildman–Crippen LogP) is 2.68. The first-order valence-corrected chi connectivity index (χ1v) is 9.05. The van der Waals surface area contributed by atoms with Gasteiger partial charge in [0.1, 0.15) is 29.7 Å². The molecule has 3 rings (SSSR count). The van der Waals surface area contributed by atoms with Crippen molar-refractivity contribution in [2.45, 2.75) is 13.5 Å². The van der Waals surface area contributed by atoms with E-state index in [1.807, 2.05) is 0 Å². The second kappa shape index (κ2) is 8.89. The Bertz CT molecular complexity index is 1020. The van der Waals surface area contributed by atoms with Gasteiger partial charge in [0, 0.05) is 5.02 Å². The number of carbonyl (C=O) groups is 2. The van der Waals surface area contributed by atoms with Crippen LogP contribution in [0.1, 0.15) is 21.9 Å². The summed E-state index contributed by atoms with van der Waals surface area (Å²) in [6, 6.07) is 6.72. The molecule has 2 heterocycles. The number of methoxy groups -OCH3 is 1. The van der Waals surface area contributed by atoms with Crippen molar-refractivity contribution in [3.63, 3.8) is 0 Å². The Morgan fingerprint density at radius 1 is 1.34 bits per heavy atom. The highest BCUT2D eigenvalue weighted by molar-refractivity contribution is 6.31. The van der Waals surface area contributed by atoms with E-state index in [1.54, 1.807) is 43.1 Å². The van der Waals surface area contributed by atoms with Gasteiger partial charge in [-0.25, -0.2) is 14.5 Å². The Labute approximate surface area is 172 Å². The normalized spacial score (nSPS) is 10.9. The summed E-state index contributed by atoms with van der Waals surface area (Å²) in [5.41, 5.74) is 1.53. The fourth-order valence-corrected chi connectivity index (χ4v) is 3.00. The van der Waals surface area contributed by atoms with Crippen molar-refractivity contribution in [1.82, 2.24) is 19.7 Å². The van der Waals surface area contributed by atoms with E-state index in [0.717, 1.165) is 0 Å². The zero-order chi connectivity index (χ0) is 21.0. The first-order valence-electron chi connectivity index (χ1n) is 8.68. The average Bonchev–Trinajstić information content (AvgIpc) is 3.31. The number of nitrogens with one attached hydrogen (secondary N) is 1. The van der Waals surface area contributed by atoms with Crippen LogP contribution in [0.25, 0.3) is 5.69 Å². The third-order valence-corrected chi connectivity index (χ3v) is 4.35. The van der Waals surface area contributed by atoms with Crippen LogP contribution in [0.4, 0.5) is 5.69 Å². The summed E-state index contributed by atoms with van der Waals surface area (Å²) in [4.78, 5) is 29.9. The fraction of sp³-hybridized carbons (Fsp3) is 0.263. The SMILES string of the molecule is COC(=O)c1cc(CN(C)CC(=O)Nc2cc(Cl)ccc2-n2cncn2)oc1C. The Hall–Kier alpha value is -3.17. The number of nitrogens with zero attached hydrogens (tertiary/aromatic N) is 4. The van der Waals surface area contributed by atoms with Gasteiger partial charge in [0.25, 0.3) is 0 Å². The molecule has 0 radical (unpaired) electrons.